The molecule has 0 unspecified atom stereocenters. The van der Waals surface area contributed by atoms with E-state index in [4.69, 9.17) is 0 Å². The van der Waals surface area contributed by atoms with Gasteiger partial charge in [-0.1, -0.05) is 6.92 Å². The summed E-state index contributed by atoms with van der Waals surface area (Å²) < 4.78 is 29.6. The normalized spacial score (nSPS) is 19.9. The van der Waals surface area contributed by atoms with Crippen molar-refractivity contribution in [3.63, 3.8) is 0 Å². The molecule has 170 valence electrons. The molecule has 2 saturated heterocycles. The summed E-state index contributed by atoms with van der Waals surface area (Å²) in [6, 6.07) is 0. The summed E-state index contributed by atoms with van der Waals surface area (Å²) in [4.78, 5) is 35.2. The number of likely N-dealkylation sites (N-methyl/N-ethyl adjacent to an activating group) is 1. The Balaban J connectivity index is 1.68. The van der Waals surface area contributed by atoms with Crippen LogP contribution in [0.3, 0.4) is 0 Å². The number of fused-ring (bicyclic) bond motifs is 1. The van der Waals surface area contributed by atoms with Gasteiger partial charge < -0.3 is 9.80 Å². The van der Waals surface area contributed by atoms with E-state index in [0.29, 0.717) is 41.8 Å². The summed E-state index contributed by atoms with van der Waals surface area (Å²) in [6.45, 7) is 7.42. The number of amides is 1. The minimum atomic E-state index is -3.80. The Morgan fingerprint density at radius 1 is 1.16 bits per heavy atom. The van der Waals surface area contributed by atoms with E-state index in [1.165, 1.54) is 26.5 Å². The molecule has 1 amide bonds. The summed E-state index contributed by atoms with van der Waals surface area (Å²) >= 11 is 1.21. The lowest BCUT2D eigenvalue weighted by molar-refractivity contribution is -0.133. The van der Waals surface area contributed by atoms with Crippen molar-refractivity contribution in [2.24, 2.45) is 5.92 Å². The largest absolute Gasteiger partial charge is 0.339 e. The number of thiophene rings is 1. The first kappa shape index (κ1) is 22.4. The quantitative estimate of drug-likeness (QED) is 0.665. The predicted octanol–water partition coefficient (Wildman–Crippen LogP) is 0.961. The lowest BCUT2D eigenvalue weighted by Gasteiger charge is -2.32. The van der Waals surface area contributed by atoms with Gasteiger partial charge >= 0.3 is 0 Å². The SMILES string of the molecule is Cc1sc2ncn(CC(=O)N3CCN(C)CC3)c(=O)c2c1S(=O)(=O)N1CCC(C)CC1. The van der Waals surface area contributed by atoms with Gasteiger partial charge in [0.25, 0.3) is 5.56 Å². The molecule has 2 aliphatic heterocycles. The van der Waals surface area contributed by atoms with Crippen molar-refractivity contribution in [1.82, 2.24) is 23.7 Å². The molecule has 0 aromatic carbocycles. The van der Waals surface area contributed by atoms with Gasteiger partial charge in [-0.3, -0.25) is 14.2 Å². The molecule has 2 aromatic rings. The number of piperazine rings is 1. The van der Waals surface area contributed by atoms with Crippen LogP contribution in [0.15, 0.2) is 16.0 Å². The molecule has 31 heavy (non-hydrogen) atoms. The molecule has 2 aromatic heterocycles. The molecule has 11 heteroatoms. The standard InChI is InChI=1S/C20H29N5O4S2/c1-14-4-6-25(7-5-14)31(28,29)18-15(2)30-19-17(18)20(27)24(13-21-19)12-16(26)23-10-8-22(3)9-11-23/h13-14H,4-12H2,1-3H3. The van der Waals surface area contributed by atoms with E-state index in [1.54, 1.807) is 11.8 Å². The maximum absolute atomic E-state index is 13.4. The molecule has 4 rings (SSSR count). The van der Waals surface area contributed by atoms with E-state index in [0.717, 1.165) is 25.9 Å². The lowest BCUT2D eigenvalue weighted by atomic mass is 10.0. The van der Waals surface area contributed by atoms with Crippen LogP contribution >= 0.6 is 11.3 Å². The number of carbonyl (C=O) groups excluding carboxylic acids is 1. The van der Waals surface area contributed by atoms with E-state index in [2.05, 4.69) is 16.8 Å². The third kappa shape index (κ3) is 4.28. The summed E-state index contributed by atoms with van der Waals surface area (Å²) in [5, 5.41) is 0.106. The average molecular weight is 468 g/mol. The van der Waals surface area contributed by atoms with Crippen molar-refractivity contribution in [1.29, 1.82) is 0 Å². The van der Waals surface area contributed by atoms with Crippen LogP contribution in [0.4, 0.5) is 0 Å². The second kappa shape index (κ2) is 8.61. The molecule has 0 bridgehead atoms. The molecular formula is C20H29N5O4S2. The van der Waals surface area contributed by atoms with Crippen LogP contribution in [0.5, 0.6) is 0 Å². The average Bonchev–Trinajstić information content (AvgIpc) is 3.08. The van der Waals surface area contributed by atoms with Gasteiger partial charge in [-0.15, -0.1) is 11.3 Å². The zero-order chi connectivity index (χ0) is 22.3. The Kier molecular flexibility index (Phi) is 6.21. The van der Waals surface area contributed by atoms with Gasteiger partial charge in [0, 0.05) is 44.1 Å². The number of hydrogen-bond donors (Lipinski definition) is 0. The highest BCUT2D eigenvalue weighted by atomic mass is 32.2. The third-order valence-corrected chi connectivity index (χ3v) is 9.52. The fraction of sp³-hybridized carbons (Fsp3) is 0.650. The van der Waals surface area contributed by atoms with E-state index >= 15 is 0 Å². The van der Waals surface area contributed by atoms with E-state index in [1.807, 2.05) is 7.05 Å². The van der Waals surface area contributed by atoms with Gasteiger partial charge in [0.1, 0.15) is 16.3 Å². The monoisotopic (exact) mass is 467 g/mol. The summed E-state index contributed by atoms with van der Waals surface area (Å²) in [5.74, 6) is 0.337. The van der Waals surface area contributed by atoms with Crippen LogP contribution in [-0.4, -0.2) is 84.3 Å². The van der Waals surface area contributed by atoms with Crippen LogP contribution < -0.4 is 5.56 Å². The van der Waals surface area contributed by atoms with Gasteiger partial charge in [-0.05, 0) is 32.7 Å². The van der Waals surface area contributed by atoms with Crippen molar-refractivity contribution in [2.45, 2.75) is 38.1 Å². The number of aromatic nitrogens is 2. The smallest absolute Gasteiger partial charge is 0.263 e. The fourth-order valence-corrected chi connectivity index (χ4v) is 7.33. The Hall–Kier alpha value is -1.82. The number of hydrogen-bond acceptors (Lipinski definition) is 7. The summed E-state index contributed by atoms with van der Waals surface area (Å²) in [7, 11) is -1.80. The first-order chi connectivity index (χ1) is 14.7. The summed E-state index contributed by atoms with van der Waals surface area (Å²) in [6.07, 6.45) is 2.97. The maximum atomic E-state index is 13.4. The molecule has 0 N–H and O–H groups in total. The van der Waals surface area contributed by atoms with Crippen LogP contribution in [-0.2, 0) is 21.4 Å². The van der Waals surface area contributed by atoms with Crippen LogP contribution in [0, 0.1) is 12.8 Å². The minimum absolute atomic E-state index is 0.0564. The molecule has 9 nitrogen and oxygen atoms in total. The first-order valence-electron chi connectivity index (χ1n) is 10.6. The number of rotatable bonds is 4. The molecule has 0 aliphatic carbocycles. The molecule has 0 radical (unpaired) electrons. The van der Waals surface area contributed by atoms with Gasteiger partial charge in [-0.2, -0.15) is 4.31 Å². The second-order valence-corrected chi connectivity index (χ2v) is 11.7. The molecule has 2 aliphatic rings. The van der Waals surface area contributed by atoms with Gasteiger partial charge in [0.15, 0.2) is 0 Å². The van der Waals surface area contributed by atoms with Gasteiger partial charge in [0.05, 0.1) is 11.7 Å². The van der Waals surface area contributed by atoms with Crippen molar-refractivity contribution in [2.75, 3.05) is 46.3 Å². The van der Waals surface area contributed by atoms with Gasteiger partial charge in [0.2, 0.25) is 15.9 Å². The molecule has 2 fully saturated rings. The highest BCUT2D eigenvalue weighted by Crippen LogP contribution is 2.34. The fourth-order valence-electron chi connectivity index (χ4n) is 4.19. The molecule has 4 heterocycles. The minimum Gasteiger partial charge on any atom is -0.339 e. The summed E-state index contributed by atoms with van der Waals surface area (Å²) in [5.41, 5.74) is -0.472. The highest BCUT2D eigenvalue weighted by Gasteiger charge is 2.33. The van der Waals surface area contributed by atoms with E-state index in [9.17, 15) is 18.0 Å². The number of carbonyl (C=O) groups is 1. The number of aryl methyl sites for hydroxylation is 1. The zero-order valence-corrected chi connectivity index (χ0v) is 19.8. The van der Waals surface area contributed by atoms with Crippen molar-refractivity contribution < 1.29 is 13.2 Å². The van der Waals surface area contributed by atoms with Gasteiger partial charge in [-0.25, -0.2) is 13.4 Å². The zero-order valence-electron chi connectivity index (χ0n) is 18.2. The Morgan fingerprint density at radius 3 is 2.45 bits per heavy atom. The van der Waals surface area contributed by atoms with E-state index < -0.39 is 15.6 Å². The van der Waals surface area contributed by atoms with Crippen molar-refractivity contribution in [3.8, 4) is 0 Å². The highest BCUT2D eigenvalue weighted by molar-refractivity contribution is 7.89. The molecular weight excluding hydrogens is 438 g/mol. The van der Waals surface area contributed by atoms with Crippen LogP contribution in [0.25, 0.3) is 10.2 Å². The second-order valence-electron chi connectivity index (χ2n) is 8.62. The molecule has 0 saturated carbocycles. The Morgan fingerprint density at radius 2 is 1.81 bits per heavy atom. The predicted molar refractivity (Wildman–Crippen MR) is 120 cm³/mol. The Bertz CT molecular complexity index is 1140. The number of nitrogens with zero attached hydrogens (tertiary/aromatic N) is 5. The van der Waals surface area contributed by atoms with Crippen molar-refractivity contribution >= 4 is 37.5 Å². The van der Waals surface area contributed by atoms with Crippen LogP contribution in [0.2, 0.25) is 0 Å². The molecule has 0 spiro atoms. The van der Waals surface area contributed by atoms with E-state index in [-0.39, 0.29) is 22.7 Å². The number of piperidine rings is 1. The van der Waals surface area contributed by atoms with Crippen LogP contribution in [0.1, 0.15) is 24.6 Å². The maximum Gasteiger partial charge on any atom is 0.263 e. The third-order valence-electron chi connectivity index (χ3n) is 6.30. The lowest BCUT2D eigenvalue weighted by Crippen LogP contribution is -2.48. The Labute approximate surface area is 186 Å². The van der Waals surface area contributed by atoms with Crippen molar-refractivity contribution in [3.05, 3.63) is 21.6 Å². The first-order valence-corrected chi connectivity index (χ1v) is 12.9. The topological polar surface area (TPSA) is 95.8 Å². The molecule has 0 atom stereocenters. The number of sulfonamides is 1.